The predicted molar refractivity (Wildman–Crippen MR) is 80.5 cm³/mol. The maximum Gasteiger partial charge on any atom is 0.471 e. The van der Waals surface area contributed by atoms with E-state index >= 15 is 0 Å². The van der Waals surface area contributed by atoms with Crippen LogP contribution in [-0.4, -0.2) is 25.2 Å². The van der Waals surface area contributed by atoms with Gasteiger partial charge in [-0.25, -0.2) is 0 Å². The van der Waals surface area contributed by atoms with E-state index in [0.717, 1.165) is 21.9 Å². The lowest BCUT2D eigenvalue weighted by Crippen LogP contribution is -2.45. The smallest absolute Gasteiger partial charge is 0.471 e. The normalized spacial score (nSPS) is 17.7. The van der Waals surface area contributed by atoms with Crippen molar-refractivity contribution < 1.29 is 22.7 Å². The van der Waals surface area contributed by atoms with E-state index in [2.05, 4.69) is 11.4 Å². The van der Waals surface area contributed by atoms with Crippen molar-refractivity contribution in [2.45, 2.75) is 31.5 Å². The Hall–Kier alpha value is -2.24. The maximum absolute atomic E-state index is 12.4. The van der Waals surface area contributed by atoms with Crippen molar-refractivity contribution in [3.05, 3.63) is 41.5 Å². The number of hydrogen-bond donors (Lipinski definition) is 1. The van der Waals surface area contributed by atoms with Gasteiger partial charge in [-0.05, 0) is 30.2 Å². The van der Waals surface area contributed by atoms with Gasteiger partial charge >= 0.3 is 12.1 Å². The molecule has 1 aliphatic carbocycles. The van der Waals surface area contributed by atoms with E-state index in [0.29, 0.717) is 25.0 Å². The maximum atomic E-state index is 12.4. The third kappa shape index (κ3) is 2.98. The van der Waals surface area contributed by atoms with Gasteiger partial charge in [0.15, 0.2) is 0 Å². The first-order valence-corrected chi connectivity index (χ1v) is 7.35. The van der Waals surface area contributed by atoms with Gasteiger partial charge in [-0.1, -0.05) is 30.3 Å². The van der Waals surface area contributed by atoms with Crippen LogP contribution in [0.4, 0.5) is 13.2 Å². The highest BCUT2D eigenvalue weighted by Crippen LogP contribution is 2.37. The largest absolute Gasteiger partial charge is 0.496 e. The van der Waals surface area contributed by atoms with Crippen LogP contribution in [0.5, 0.6) is 5.75 Å². The molecule has 0 spiro atoms. The SMILES string of the molecule is COc1c2c(cc3ccccc13)CCC(NC(=O)C(F)(F)F)C2. The van der Waals surface area contributed by atoms with E-state index in [1.54, 1.807) is 7.11 Å². The number of ether oxygens (including phenoxy) is 1. The van der Waals surface area contributed by atoms with Gasteiger partial charge in [0.05, 0.1) is 7.11 Å². The molecule has 122 valence electrons. The fourth-order valence-electron chi connectivity index (χ4n) is 3.16. The van der Waals surface area contributed by atoms with Gasteiger partial charge < -0.3 is 10.1 Å². The molecule has 0 saturated heterocycles. The Morgan fingerprint density at radius 3 is 2.74 bits per heavy atom. The van der Waals surface area contributed by atoms with Crippen LogP contribution in [0.3, 0.4) is 0 Å². The number of nitrogens with one attached hydrogen (secondary N) is 1. The van der Waals surface area contributed by atoms with Crippen molar-refractivity contribution in [3.63, 3.8) is 0 Å². The molecule has 3 nitrogen and oxygen atoms in total. The van der Waals surface area contributed by atoms with Crippen LogP contribution >= 0.6 is 0 Å². The molecule has 0 bridgehead atoms. The molecule has 0 heterocycles. The zero-order chi connectivity index (χ0) is 16.6. The van der Waals surface area contributed by atoms with Crippen molar-refractivity contribution in [1.82, 2.24) is 5.32 Å². The summed E-state index contributed by atoms with van der Waals surface area (Å²) in [6.45, 7) is 0. The van der Waals surface area contributed by atoms with Gasteiger partial charge in [-0.15, -0.1) is 0 Å². The van der Waals surface area contributed by atoms with Crippen LogP contribution < -0.4 is 10.1 Å². The van der Waals surface area contributed by atoms with Gasteiger partial charge in [0, 0.05) is 17.0 Å². The molecule has 3 rings (SSSR count). The number of carbonyl (C=O) groups is 1. The summed E-state index contributed by atoms with van der Waals surface area (Å²) in [4.78, 5) is 11.1. The number of methoxy groups -OCH3 is 1. The number of carbonyl (C=O) groups excluding carboxylic acids is 1. The van der Waals surface area contributed by atoms with E-state index in [9.17, 15) is 18.0 Å². The zero-order valence-corrected chi connectivity index (χ0v) is 12.5. The van der Waals surface area contributed by atoms with Crippen LogP contribution in [-0.2, 0) is 17.6 Å². The molecule has 1 N–H and O–H groups in total. The molecule has 0 aromatic heterocycles. The highest BCUT2D eigenvalue weighted by atomic mass is 19.4. The average Bonchev–Trinajstić information content (AvgIpc) is 2.51. The Kier molecular flexibility index (Phi) is 3.92. The van der Waals surface area contributed by atoms with Crippen LogP contribution in [0.1, 0.15) is 17.5 Å². The number of amides is 1. The van der Waals surface area contributed by atoms with Crippen LogP contribution in [0.25, 0.3) is 10.8 Å². The Balaban J connectivity index is 1.94. The number of aryl methyl sites for hydroxylation is 1. The summed E-state index contributed by atoms with van der Waals surface area (Å²) in [6.07, 6.45) is -3.42. The first-order chi connectivity index (χ1) is 10.9. The molecule has 0 fully saturated rings. The molecule has 1 aliphatic rings. The molecular weight excluding hydrogens is 307 g/mol. The number of rotatable bonds is 2. The predicted octanol–water partition coefficient (Wildman–Crippen LogP) is 3.38. The second-order valence-corrected chi connectivity index (χ2v) is 5.68. The fraction of sp³-hybridized carbons (Fsp3) is 0.353. The third-order valence-corrected chi connectivity index (χ3v) is 4.21. The van der Waals surface area contributed by atoms with Gasteiger partial charge in [0.1, 0.15) is 5.75 Å². The quantitative estimate of drug-likeness (QED) is 0.920. The summed E-state index contributed by atoms with van der Waals surface area (Å²) in [7, 11) is 1.56. The molecular formula is C17H16F3NO2. The van der Waals surface area contributed by atoms with Gasteiger partial charge in [0.25, 0.3) is 0 Å². The van der Waals surface area contributed by atoms with Crippen LogP contribution in [0.2, 0.25) is 0 Å². The fourth-order valence-corrected chi connectivity index (χ4v) is 3.16. The van der Waals surface area contributed by atoms with Crippen LogP contribution in [0.15, 0.2) is 30.3 Å². The van der Waals surface area contributed by atoms with Crippen molar-refractivity contribution in [1.29, 1.82) is 0 Å². The molecule has 2 aromatic carbocycles. The topological polar surface area (TPSA) is 38.3 Å². The van der Waals surface area contributed by atoms with Crippen molar-refractivity contribution in [2.75, 3.05) is 7.11 Å². The van der Waals surface area contributed by atoms with Gasteiger partial charge in [-0.3, -0.25) is 4.79 Å². The molecule has 0 saturated carbocycles. The van der Waals surface area contributed by atoms with E-state index in [4.69, 9.17) is 4.74 Å². The minimum Gasteiger partial charge on any atom is -0.496 e. The number of fused-ring (bicyclic) bond motifs is 2. The molecule has 1 atom stereocenters. The first-order valence-electron chi connectivity index (χ1n) is 7.35. The molecule has 1 unspecified atom stereocenters. The molecule has 23 heavy (non-hydrogen) atoms. The minimum absolute atomic E-state index is 0.338. The van der Waals surface area contributed by atoms with Crippen molar-refractivity contribution in [3.8, 4) is 5.75 Å². The summed E-state index contributed by atoms with van der Waals surface area (Å²) >= 11 is 0. The van der Waals surface area contributed by atoms with E-state index in [1.807, 2.05) is 24.3 Å². The molecule has 6 heteroatoms. The third-order valence-electron chi connectivity index (χ3n) is 4.21. The first kappa shape index (κ1) is 15.6. The van der Waals surface area contributed by atoms with Crippen LogP contribution in [0, 0.1) is 0 Å². The van der Waals surface area contributed by atoms with E-state index in [-0.39, 0.29) is 0 Å². The zero-order valence-electron chi connectivity index (χ0n) is 12.5. The summed E-state index contributed by atoms with van der Waals surface area (Å²) in [5.41, 5.74) is 1.95. The summed E-state index contributed by atoms with van der Waals surface area (Å²) in [5, 5.41) is 4.05. The highest BCUT2D eigenvalue weighted by Gasteiger charge is 2.40. The Morgan fingerprint density at radius 1 is 1.30 bits per heavy atom. The lowest BCUT2D eigenvalue weighted by molar-refractivity contribution is -0.174. The standard InChI is InChI=1S/C17H16F3NO2/c1-23-15-13-5-3-2-4-10(13)8-11-6-7-12(9-14(11)15)21-16(22)17(18,19)20/h2-5,8,12H,6-7,9H2,1H3,(H,21,22). The minimum atomic E-state index is -4.85. The second kappa shape index (κ2) is 5.76. The number of halogens is 3. The van der Waals surface area contributed by atoms with E-state index in [1.165, 1.54) is 0 Å². The Bertz CT molecular complexity index is 755. The lowest BCUT2D eigenvalue weighted by Gasteiger charge is -2.28. The summed E-state index contributed by atoms with van der Waals surface area (Å²) in [5.74, 6) is -1.20. The Labute approximate surface area is 131 Å². The number of hydrogen-bond acceptors (Lipinski definition) is 2. The average molecular weight is 323 g/mol. The monoisotopic (exact) mass is 323 g/mol. The second-order valence-electron chi connectivity index (χ2n) is 5.68. The van der Waals surface area contributed by atoms with E-state index < -0.39 is 18.1 Å². The van der Waals surface area contributed by atoms with Gasteiger partial charge in [-0.2, -0.15) is 13.2 Å². The van der Waals surface area contributed by atoms with Crippen molar-refractivity contribution >= 4 is 16.7 Å². The molecule has 2 aromatic rings. The lowest BCUT2D eigenvalue weighted by atomic mass is 9.85. The molecule has 0 radical (unpaired) electrons. The summed E-state index contributed by atoms with van der Waals surface area (Å²) < 4.78 is 42.8. The molecule has 0 aliphatic heterocycles. The Morgan fingerprint density at radius 2 is 2.04 bits per heavy atom. The number of benzene rings is 2. The van der Waals surface area contributed by atoms with Crippen molar-refractivity contribution in [2.24, 2.45) is 0 Å². The highest BCUT2D eigenvalue weighted by molar-refractivity contribution is 5.91. The summed E-state index contributed by atoms with van der Waals surface area (Å²) in [6, 6.07) is 9.25. The number of alkyl halides is 3. The van der Waals surface area contributed by atoms with Gasteiger partial charge in [0.2, 0.25) is 0 Å². The molecule has 1 amide bonds.